The van der Waals surface area contributed by atoms with Gasteiger partial charge in [-0.3, -0.25) is 0 Å². The van der Waals surface area contributed by atoms with Crippen LogP contribution in [0.3, 0.4) is 0 Å². The summed E-state index contributed by atoms with van der Waals surface area (Å²) in [5.74, 6) is 0. The molecule has 0 aromatic heterocycles. The van der Waals surface area contributed by atoms with E-state index in [1.807, 2.05) is 24.3 Å². The van der Waals surface area contributed by atoms with Gasteiger partial charge >= 0.3 is 0 Å². The molecule has 3 nitrogen and oxygen atoms in total. The van der Waals surface area contributed by atoms with Gasteiger partial charge in [0.2, 0.25) is 0 Å². The molecule has 0 saturated heterocycles. The van der Waals surface area contributed by atoms with Crippen molar-refractivity contribution in [2.24, 2.45) is 0 Å². The molecule has 104 valence electrons. The van der Waals surface area contributed by atoms with Gasteiger partial charge in [0.25, 0.3) is 0 Å². The molecule has 19 heavy (non-hydrogen) atoms. The third-order valence-corrected chi connectivity index (χ3v) is 4.06. The van der Waals surface area contributed by atoms with Gasteiger partial charge in [-0.2, -0.15) is 5.26 Å². The summed E-state index contributed by atoms with van der Waals surface area (Å²) in [4.78, 5) is 0. The molecule has 0 amide bonds. The van der Waals surface area contributed by atoms with Gasteiger partial charge in [-0.05, 0) is 37.3 Å². The number of hydrogen-bond acceptors (Lipinski definition) is 3. The molecule has 0 aliphatic carbocycles. The van der Waals surface area contributed by atoms with E-state index in [-0.39, 0.29) is 0 Å². The first kappa shape index (κ1) is 16.4. The van der Waals surface area contributed by atoms with Crippen molar-refractivity contribution in [3.05, 3.63) is 34.3 Å². The summed E-state index contributed by atoms with van der Waals surface area (Å²) in [5, 5.41) is 9.69. The minimum Gasteiger partial charge on any atom is -0.396 e. The number of hydrogen-bond donors (Lipinski definition) is 0. The predicted molar refractivity (Wildman–Crippen MR) is 82.4 cm³/mol. The maximum Gasteiger partial charge on any atom is 0.186 e. The third-order valence-electron chi connectivity index (χ3n) is 2.61. The van der Waals surface area contributed by atoms with E-state index >= 15 is 0 Å². The standard InChI is InChI=1S/C14H20BrNO2Si/c1-17-9-8-14(11-16,18-19(2,3)4)12-6-5-7-13(15)10-12/h5-7,10H,8-9H2,1-4H3/t14-/m1/s1. The van der Waals surface area contributed by atoms with Crippen LogP contribution in [0.2, 0.25) is 19.6 Å². The second-order valence-corrected chi connectivity index (χ2v) is 10.8. The number of benzene rings is 1. The average Bonchev–Trinajstić information content (AvgIpc) is 2.33. The Bertz CT molecular complexity index is 467. The second kappa shape index (κ2) is 6.66. The van der Waals surface area contributed by atoms with Crippen LogP contribution in [0.4, 0.5) is 0 Å². The molecule has 0 aliphatic heterocycles. The molecule has 0 spiro atoms. The number of nitrogens with zero attached hydrogens (tertiary/aromatic N) is 1. The van der Waals surface area contributed by atoms with Crippen molar-refractivity contribution < 1.29 is 9.16 Å². The molecule has 0 fully saturated rings. The fourth-order valence-electron chi connectivity index (χ4n) is 1.91. The van der Waals surface area contributed by atoms with Gasteiger partial charge in [-0.15, -0.1) is 0 Å². The van der Waals surface area contributed by atoms with Crippen LogP contribution in [0.1, 0.15) is 12.0 Å². The molecule has 1 atom stereocenters. The Morgan fingerprint density at radius 2 is 2.05 bits per heavy atom. The minimum atomic E-state index is -1.86. The van der Waals surface area contributed by atoms with E-state index in [1.165, 1.54) is 0 Å². The summed E-state index contributed by atoms with van der Waals surface area (Å²) in [7, 11) is -0.221. The van der Waals surface area contributed by atoms with E-state index in [2.05, 4.69) is 41.6 Å². The highest BCUT2D eigenvalue weighted by molar-refractivity contribution is 9.10. The first-order valence-electron chi connectivity index (χ1n) is 6.19. The number of nitriles is 1. The average molecular weight is 342 g/mol. The normalized spacial score (nSPS) is 14.7. The zero-order chi connectivity index (χ0) is 14.5. The summed E-state index contributed by atoms with van der Waals surface area (Å²) in [6, 6.07) is 10.1. The molecular weight excluding hydrogens is 322 g/mol. The van der Waals surface area contributed by atoms with Crippen molar-refractivity contribution >= 4 is 24.2 Å². The molecule has 0 aliphatic rings. The lowest BCUT2D eigenvalue weighted by molar-refractivity contribution is 0.0692. The largest absolute Gasteiger partial charge is 0.396 e. The highest BCUT2D eigenvalue weighted by Crippen LogP contribution is 2.33. The lowest BCUT2D eigenvalue weighted by atomic mass is 9.92. The van der Waals surface area contributed by atoms with Crippen LogP contribution in [0.15, 0.2) is 28.7 Å². The van der Waals surface area contributed by atoms with Crippen LogP contribution in [-0.4, -0.2) is 22.0 Å². The predicted octanol–water partition coefficient (Wildman–Crippen LogP) is 4.06. The Balaban J connectivity index is 3.20. The smallest absolute Gasteiger partial charge is 0.186 e. The molecule has 5 heteroatoms. The summed E-state index contributed by atoms with van der Waals surface area (Å²) in [6.45, 7) is 6.75. The van der Waals surface area contributed by atoms with E-state index in [9.17, 15) is 5.26 Å². The minimum absolute atomic E-state index is 0.491. The maximum absolute atomic E-state index is 9.69. The van der Waals surface area contributed by atoms with Crippen LogP contribution >= 0.6 is 15.9 Å². The highest BCUT2D eigenvalue weighted by atomic mass is 79.9. The monoisotopic (exact) mass is 341 g/mol. The van der Waals surface area contributed by atoms with Gasteiger partial charge in [-0.25, -0.2) is 0 Å². The molecule has 0 heterocycles. The van der Waals surface area contributed by atoms with Gasteiger partial charge in [0, 0.05) is 18.0 Å². The number of methoxy groups -OCH3 is 1. The molecule has 0 unspecified atom stereocenters. The summed E-state index contributed by atoms with van der Waals surface area (Å²) in [6.07, 6.45) is 0.528. The Morgan fingerprint density at radius 3 is 2.53 bits per heavy atom. The van der Waals surface area contributed by atoms with Crippen molar-refractivity contribution in [2.45, 2.75) is 31.7 Å². The van der Waals surface area contributed by atoms with Crippen LogP contribution in [-0.2, 0) is 14.8 Å². The van der Waals surface area contributed by atoms with Crippen molar-refractivity contribution in [3.8, 4) is 6.07 Å². The van der Waals surface area contributed by atoms with Crippen LogP contribution < -0.4 is 0 Å². The molecule has 0 saturated carbocycles. The number of halogens is 1. The Kier molecular flexibility index (Phi) is 5.75. The quantitative estimate of drug-likeness (QED) is 0.732. The topological polar surface area (TPSA) is 42.2 Å². The molecular formula is C14H20BrNO2Si. The molecule has 1 aromatic carbocycles. The first-order valence-corrected chi connectivity index (χ1v) is 10.4. The van der Waals surface area contributed by atoms with Gasteiger partial charge in [0.1, 0.15) is 6.07 Å². The van der Waals surface area contributed by atoms with Gasteiger partial charge in [-0.1, -0.05) is 28.1 Å². The van der Waals surface area contributed by atoms with Gasteiger partial charge in [0.05, 0.1) is 6.61 Å². The molecule has 1 rings (SSSR count). The Morgan fingerprint density at radius 1 is 1.37 bits per heavy atom. The summed E-state index contributed by atoms with van der Waals surface area (Å²) in [5.41, 5.74) is -0.0478. The number of ether oxygens (including phenoxy) is 1. The first-order chi connectivity index (χ1) is 8.83. The van der Waals surface area contributed by atoms with Crippen molar-refractivity contribution in [1.82, 2.24) is 0 Å². The van der Waals surface area contributed by atoms with Crippen molar-refractivity contribution in [3.63, 3.8) is 0 Å². The highest BCUT2D eigenvalue weighted by Gasteiger charge is 2.38. The molecule has 0 radical (unpaired) electrons. The molecule has 0 N–H and O–H groups in total. The summed E-state index contributed by atoms with van der Waals surface area (Å²) >= 11 is 3.45. The Labute approximate surface area is 124 Å². The van der Waals surface area contributed by atoms with E-state index in [0.717, 1.165) is 10.0 Å². The zero-order valence-corrected chi connectivity index (χ0v) is 14.5. The zero-order valence-electron chi connectivity index (χ0n) is 11.9. The maximum atomic E-state index is 9.69. The van der Waals surface area contributed by atoms with Crippen LogP contribution in [0.25, 0.3) is 0 Å². The fourth-order valence-corrected chi connectivity index (χ4v) is 3.62. The van der Waals surface area contributed by atoms with Crippen LogP contribution in [0.5, 0.6) is 0 Å². The number of rotatable bonds is 6. The SMILES string of the molecule is COCC[C@](C#N)(O[Si](C)(C)C)c1cccc(Br)c1. The lowest BCUT2D eigenvalue weighted by Gasteiger charge is -2.34. The van der Waals surface area contributed by atoms with E-state index in [0.29, 0.717) is 13.0 Å². The van der Waals surface area contributed by atoms with E-state index in [4.69, 9.17) is 9.16 Å². The van der Waals surface area contributed by atoms with E-state index in [1.54, 1.807) is 7.11 Å². The second-order valence-electron chi connectivity index (χ2n) is 5.41. The van der Waals surface area contributed by atoms with Crippen LogP contribution in [0, 0.1) is 11.3 Å². The van der Waals surface area contributed by atoms with E-state index < -0.39 is 13.9 Å². The summed E-state index contributed by atoms with van der Waals surface area (Å²) < 4.78 is 12.3. The molecule has 0 bridgehead atoms. The Hall–Kier alpha value is -0.673. The molecule has 1 aromatic rings. The van der Waals surface area contributed by atoms with Gasteiger partial charge < -0.3 is 9.16 Å². The fraction of sp³-hybridized carbons (Fsp3) is 0.500. The van der Waals surface area contributed by atoms with Crippen molar-refractivity contribution in [2.75, 3.05) is 13.7 Å². The van der Waals surface area contributed by atoms with Gasteiger partial charge in [0.15, 0.2) is 13.9 Å². The lowest BCUT2D eigenvalue weighted by Crippen LogP contribution is -2.40. The van der Waals surface area contributed by atoms with Crippen molar-refractivity contribution in [1.29, 1.82) is 5.26 Å². The third kappa shape index (κ3) is 4.73.